The van der Waals surface area contributed by atoms with Crippen LogP contribution in [0.2, 0.25) is 0 Å². The summed E-state index contributed by atoms with van der Waals surface area (Å²) in [6, 6.07) is -0.247. The van der Waals surface area contributed by atoms with E-state index in [1.165, 1.54) is 0 Å². The Hall–Kier alpha value is -1.20. The zero-order valence-electron chi connectivity index (χ0n) is 9.26. The van der Waals surface area contributed by atoms with Crippen molar-refractivity contribution < 1.29 is 9.26 Å². The first-order valence-electron chi connectivity index (χ1n) is 5.60. The van der Waals surface area contributed by atoms with Gasteiger partial charge in [0.05, 0.1) is 12.1 Å². The van der Waals surface area contributed by atoms with E-state index in [0.29, 0.717) is 24.6 Å². The van der Waals surface area contributed by atoms with Gasteiger partial charge in [-0.3, -0.25) is 0 Å². The van der Waals surface area contributed by atoms with Crippen molar-refractivity contribution in [2.75, 3.05) is 6.61 Å². The number of hydrogen-bond acceptors (Lipinski definition) is 5. The van der Waals surface area contributed by atoms with E-state index in [9.17, 15) is 0 Å². The molecule has 1 saturated heterocycles. The smallest absolute Gasteiger partial charge is 0.243 e. The summed E-state index contributed by atoms with van der Waals surface area (Å²) in [6.45, 7) is 4.46. The maximum Gasteiger partial charge on any atom is 0.243 e. The van der Waals surface area contributed by atoms with Crippen molar-refractivity contribution in [1.82, 2.24) is 10.1 Å². The Bertz CT molecular complexity index is 345. The molecule has 1 aromatic heterocycles. The first-order chi connectivity index (χ1) is 7.79. The Kier molecular flexibility index (Phi) is 3.69. The highest BCUT2D eigenvalue weighted by molar-refractivity contribution is 4.95. The molecule has 2 rings (SSSR count). The highest BCUT2D eigenvalue weighted by Gasteiger charge is 2.20. The van der Waals surface area contributed by atoms with Crippen molar-refractivity contribution in [3.05, 3.63) is 24.4 Å². The van der Waals surface area contributed by atoms with Crippen LogP contribution in [0.3, 0.4) is 0 Å². The zero-order valence-corrected chi connectivity index (χ0v) is 9.26. The van der Waals surface area contributed by atoms with Gasteiger partial charge in [0.1, 0.15) is 0 Å². The van der Waals surface area contributed by atoms with Crippen LogP contribution in [0.4, 0.5) is 0 Å². The molecule has 1 aliphatic rings. The van der Waals surface area contributed by atoms with Crippen molar-refractivity contribution in [3.8, 4) is 0 Å². The molecule has 5 nitrogen and oxygen atoms in total. The molecule has 16 heavy (non-hydrogen) atoms. The minimum atomic E-state index is -0.247. The molecule has 2 heterocycles. The summed E-state index contributed by atoms with van der Waals surface area (Å²) in [5, 5.41) is 3.90. The van der Waals surface area contributed by atoms with Crippen molar-refractivity contribution >= 4 is 0 Å². The number of ether oxygens (including phenoxy) is 1. The number of aromatic nitrogens is 2. The molecule has 2 atom stereocenters. The standard InChI is InChI=1S/C11H17N3O2/c1-2-4-9(12)11-13-10(14-16-11)7-8-5-3-6-15-8/h2,8-9H,1,3-7,12H2. The minimum absolute atomic E-state index is 0.237. The second kappa shape index (κ2) is 5.23. The maximum atomic E-state index is 5.83. The molecule has 0 amide bonds. The monoisotopic (exact) mass is 223 g/mol. The number of hydrogen-bond donors (Lipinski definition) is 1. The van der Waals surface area contributed by atoms with Gasteiger partial charge in [-0.05, 0) is 19.3 Å². The molecule has 0 aromatic carbocycles. The van der Waals surface area contributed by atoms with Gasteiger partial charge in [-0.2, -0.15) is 4.98 Å². The lowest BCUT2D eigenvalue weighted by Crippen LogP contribution is -2.11. The number of nitrogens with zero attached hydrogens (tertiary/aromatic N) is 2. The second-order valence-electron chi connectivity index (χ2n) is 4.02. The van der Waals surface area contributed by atoms with E-state index in [1.54, 1.807) is 6.08 Å². The Morgan fingerprint density at radius 1 is 1.62 bits per heavy atom. The third-order valence-electron chi connectivity index (χ3n) is 2.66. The summed E-state index contributed by atoms with van der Waals surface area (Å²) >= 11 is 0. The normalized spacial score (nSPS) is 22.2. The molecule has 5 heteroatoms. The van der Waals surface area contributed by atoms with Crippen LogP contribution in [0.15, 0.2) is 17.2 Å². The number of nitrogens with two attached hydrogens (primary N) is 1. The first-order valence-corrected chi connectivity index (χ1v) is 5.60. The zero-order chi connectivity index (χ0) is 11.4. The van der Waals surface area contributed by atoms with Crippen molar-refractivity contribution in [2.45, 2.75) is 37.8 Å². The third kappa shape index (κ3) is 2.68. The average Bonchev–Trinajstić information content (AvgIpc) is 2.90. The van der Waals surface area contributed by atoms with Gasteiger partial charge in [0.15, 0.2) is 5.82 Å². The van der Waals surface area contributed by atoms with E-state index in [1.807, 2.05) is 0 Å². The summed E-state index contributed by atoms with van der Waals surface area (Å²) in [4.78, 5) is 4.26. The summed E-state index contributed by atoms with van der Waals surface area (Å²) in [6.07, 6.45) is 5.52. The van der Waals surface area contributed by atoms with E-state index >= 15 is 0 Å². The van der Waals surface area contributed by atoms with Crippen molar-refractivity contribution in [3.63, 3.8) is 0 Å². The van der Waals surface area contributed by atoms with Gasteiger partial charge in [0.2, 0.25) is 5.89 Å². The van der Waals surface area contributed by atoms with Gasteiger partial charge in [0, 0.05) is 13.0 Å². The van der Waals surface area contributed by atoms with Gasteiger partial charge >= 0.3 is 0 Å². The Balaban J connectivity index is 1.93. The molecule has 0 bridgehead atoms. The molecule has 0 radical (unpaired) electrons. The van der Waals surface area contributed by atoms with Crippen LogP contribution in [0.1, 0.15) is 37.0 Å². The molecule has 0 spiro atoms. The summed E-state index contributed by atoms with van der Waals surface area (Å²) in [5.74, 6) is 1.16. The molecule has 88 valence electrons. The summed E-state index contributed by atoms with van der Waals surface area (Å²) in [5.41, 5.74) is 5.83. The van der Waals surface area contributed by atoms with Gasteiger partial charge in [-0.1, -0.05) is 11.2 Å². The largest absolute Gasteiger partial charge is 0.378 e. The van der Waals surface area contributed by atoms with Gasteiger partial charge < -0.3 is 15.0 Å². The lowest BCUT2D eigenvalue weighted by Gasteiger charge is -2.04. The van der Waals surface area contributed by atoms with E-state index in [-0.39, 0.29) is 12.1 Å². The van der Waals surface area contributed by atoms with Crippen LogP contribution < -0.4 is 5.73 Å². The van der Waals surface area contributed by atoms with Crippen molar-refractivity contribution in [2.24, 2.45) is 5.73 Å². The highest BCUT2D eigenvalue weighted by Crippen LogP contribution is 2.17. The lowest BCUT2D eigenvalue weighted by molar-refractivity contribution is 0.109. The topological polar surface area (TPSA) is 74.2 Å². The molecule has 1 fully saturated rings. The van der Waals surface area contributed by atoms with Crippen LogP contribution in [-0.4, -0.2) is 22.9 Å². The number of rotatable bonds is 5. The highest BCUT2D eigenvalue weighted by atomic mass is 16.5. The van der Waals surface area contributed by atoms with Crippen LogP contribution >= 0.6 is 0 Å². The van der Waals surface area contributed by atoms with E-state index < -0.39 is 0 Å². The molecular weight excluding hydrogens is 206 g/mol. The van der Waals surface area contributed by atoms with Gasteiger partial charge in [-0.25, -0.2) is 0 Å². The molecule has 1 aromatic rings. The van der Waals surface area contributed by atoms with E-state index in [0.717, 1.165) is 19.4 Å². The van der Waals surface area contributed by atoms with Gasteiger partial charge in [-0.15, -0.1) is 6.58 Å². The second-order valence-corrected chi connectivity index (χ2v) is 4.02. The predicted molar refractivity (Wildman–Crippen MR) is 58.7 cm³/mol. The molecule has 0 aliphatic carbocycles. The van der Waals surface area contributed by atoms with Crippen molar-refractivity contribution in [1.29, 1.82) is 0 Å². The fraction of sp³-hybridized carbons (Fsp3) is 0.636. The fourth-order valence-electron chi connectivity index (χ4n) is 1.79. The van der Waals surface area contributed by atoms with Crippen LogP contribution in [-0.2, 0) is 11.2 Å². The Morgan fingerprint density at radius 3 is 3.19 bits per heavy atom. The fourth-order valence-corrected chi connectivity index (χ4v) is 1.79. The van der Waals surface area contributed by atoms with Crippen LogP contribution in [0, 0.1) is 0 Å². The predicted octanol–water partition coefficient (Wildman–Crippen LogP) is 1.37. The van der Waals surface area contributed by atoms with E-state index in [2.05, 4.69) is 16.7 Å². The SMILES string of the molecule is C=CCC(N)c1nc(CC2CCCO2)no1. The minimum Gasteiger partial charge on any atom is -0.378 e. The quantitative estimate of drug-likeness (QED) is 0.763. The molecule has 2 unspecified atom stereocenters. The molecule has 0 saturated carbocycles. The van der Waals surface area contributed by atoms with Gasteiger partial charge in [0.25, 0.3) is 0 Å². The first kappa shape index (κ1) is 11.3. The molecule has 2 N–H and O–H groups in total. The van der Waals surface area contributed by atoms with E-state index in [4.69, 9.17) is 15.0 Å². The van der Waals surface area contributed by atoms with Crippen LogP contribution in [0.5, 0.6) is 0 Å². The average molecular weight is 223 g/mol. The molecule has 1 aliphatic heterocycles. The third-order valence-corrected chi connectivity index (χ3v) is 2.66. The Morgan fingerprint density at radius 2 is 2.50 bits per heavy atom. The summed E-state index contributed by atoms with van der Waals surface area (Å²) < 4.78 is 10.6. The maximum absolute atomic E-state index is 5.83. The lowest BCUT2D eigenvalue weighted by atomic mass is 10.2. The summed E-state index contributed by atoms with van der Waals surface area (Å²) in [7, 11) is 0. The Labute approximate surface area is 94.7 Å². The van der Waals surface area contributed by atoms with Crippen LogP contribution in [0.25, 0.3) is 0 Å². The molecular formula is C11H17N3O2.